The van der Waals surface area contributed by atoms with Crippen molar-refractivity contribution in [2.24, 2.45) is 17.8 Å². The third-order valence-electron chi connectivity index (χ3n) is 2.67. The van der Waals surface area contributed by atoms with Crippen molar-refractivity contribution in [2.75, 3.05) is 19.1 Å². The van der Waals surface area contributed by atoms with E-state index in [1.807, 2.05) is 27.0 Å². The first-order valence-electron chi connectivity index (χ1n) is 5.53. The Bertz CT molecular complexity index is 238. The number of Topliss-reactive ketones (excluding diaryl/α,β-unsaturated/α-hetero) is 1. The van der Waals surface area contributed by atoms with Crippen LogP contribution in [0.15, 0.2) is 0 Å². The second-order valence-corrected chi connectivity index (χ2v) is 5.29. The summed E-state index contributed by atoms with van der Waals surface area (Å²) in [5.41, 5.74) is 0. The van der Waals surface area contributed by atoms with E-state index in [4.69, 9.17) is 0 Å². The lowest BCUT2D eigenvalue weighted by Gasteiger charge is -2.22. The second kappa shape index (κ2) is 7.71. The van der Waals surface area contributed by atoms with Crippen molar-refractivity contribution in [1.82, 2.24) is 0 Å². The maximum Gasteiger partial charge on any atom is 0.306 e. The zero-order valence-corrected chi connectivity index (χ0v) is 11.6. The molecular weight excluding hydrogens is 224 g/mol. The SMILES string of the molecule is COC(=O)CC(C(=O)C(C)C)C(C)CSC. The van der Waals surface area contributed by atoms with Gasteiger partial charge < -0.3 is 4.74 Å². The number of hydrogen-bond donors (Lipinski definition) is 0. The van der Waals surface area contributed by atoms with Gasteiger partial charge in [0.25, 0.3) is 0 Å². The summed E-state index contributed by atoms with van der Waals surface area (Å²) in [6, 6.07) is 0. The molecule has 3 nitrogen and oxygen atoms in total. The fourth-order valence-electron chi connectivity index (χ4n) is 1.65. The van der Waals surface area contributed by atoms with Crippen LogP contribution in [-0.2, 0) is 14.3 Å². The van der Waals surface area contributed by atoms with E-state index in [1.165, 1.54) is 7.11 Å². The van der Waals surface area contributed by atoms with Crippen molar-refractivity contribution in [3.8, 4) is 0 Å². The van der Waals surface area contributed by atoms with Gasteiger partial charge in [-0.3, -0.25) is 9.59 Å². The Labute approximate surface area is 102 Å². The molecule has 0 aromatic heterocycles. The molecule has 2 atom stereocenters. The molecule has 2 unspecified atom stereocenters. The lowest BCUT2D eigenvalue weighted by atomic mass is 9.84. The van der Waals surface area contributed by atoms with Crippen LogP contribution in [0.2, 0.25) is 0 Å². The smallest absolute Gasteiger partial charge is 0.306 e. The molecule has 0 saturated carbocycles. The van der Waals surface area contributed by atoms with Crippen LogP contribution >= 0.6 is 11.8 Å². The summed E-state index contributed by atoms with van der Waals surface area (Å²) in [7, 11) is 1.36. The second-order valence-electron chi connectivity index (χ2n) is 4.38. The van der Waals surface area contributed by atoms with Gasteiger partial charge in [-0.25, -0.2) is 0 Å². The number of carbonyl (C=O) groups excluding carboxylic acids is 2. The van der Waals surface area contributed by atoms with E-state index < -0.39 is 0 Å². The van der Waals surface area contributed by atoms with Gasteiger partial charge in [-0.2, -0.15) is 11.8 Å². The van der Waals surface area contributed by atoms with Gasteiger partial charge in [0.2, 0.25) is 0 Å². The van der Waals surface area contributed by atoms with Gasteiger partial charge >= 0.3 is 5.97 Å². The molecule has 0 N–H and O–H groups in total. The Morgan fingerprint density at radius 2 is 1.81 bits per heavy atom. The lowest BCUT2D eigenvalue weighted by molar-refractivity contribution is -0.145. The molecule has 16 heavy (non-hydrogen) atoms. The Kier molecular flexibility index (Phi) is 7.47. The molecule has 94 valence electrons. The average Bonchev–Trinajstić information content (AvgIpc) is 2.24. The van der Waals surface area contributed by atoms with Crippen molar-refractivity contribution in [3.63, 3.8) is 0 Å². The van der Waals surface area contributed by atoms with Crippen molar-refractivity contribution in [3.05, 3.63) is 0 Å². The van der Waals surface area contributed by atoms with Crippen LogP contribution in [0.4, 0.5) is 0 Å². The fourth-order valence-corrected chi connectivity index (χ4v) is 2.41. The molecule has 0 radical (unpaired) electrons. The zero-order valence-electron chi connectivity index (χ0n) is 10.8. The van der Waals surface area contributed by atoms with Gasteiger partial charge in [0.1, 0.15) is 5.78 Å². The molecule has 0 rings (SSSR count). The number of rotatable bonds is 7. The highest BCUT2D eigenvalue weighted by molar-refractivity contribution is 7.98. The predicted molar refractivity (Wildman–Crippen MR) is 67.5 cm³/mol. The topological polar surface area (TPSA) is 43.4 Å². The number of thioether (sulfide) groups is 1. The molecule has 0 amide bonds. The number of esters is 1. The number of ketones is 1. The largest absolute Gasteiger partial charge is 0.469 e. The van der Waals surface area contributed by atoms with Crippen molar-refractivity contribution in [2.45, 2.75) is 27.2 Å². The predicted octanol–water partition coefficient (Wildman–Crippen LogP) is 2.39. The molecule has 0 aromatic carbocycles. The molecule has 4 heteroatoms. The standard InChI is InChI=1S/C12H22O3S/c1-8(2)12(14)10(6-11(13)15-4)9(3)7-16-5/h8-10H,6-7H2,1-5H3. The molecule has 0 aliphatic carbocycles. The van der Waals surface area contributed by atoms with Crippen LogP contribution in [0.25, 0.3) is 0 Å². The van der Waals surface area contributed by atoms with E-state index in [-0.39, 0.29) is 35.9 Å². The van der Waals surface area contributed by atoms with Gasteiger partial charge in [0.15, 0.2) is 0 Å². The summed E-state index contributed by atoms with van der Waals surface area (Å²) in [6.45, 7) is 5.77. The van der Waals surface area contributed by atoms with Crippen LogP contribution in [0, 0.1) is 17.8 Å². The van der Waals surface area contributed by atoms with Crippen molar-refractivity contribution >= 4 is 23.5 Å². The van der Waals surface area contributed by atoms with Crippen molar-refractivity contribution in [1.29, 1.82) is 0 Å². The quantitative estimate of drug-likeness (QED) is 0.647. The molecule has 0 bridgehead atoms. The molecule has 0 aliphatic heterocycles. The summed E-state index contributed by atoms with van der Waals surface area (Å²) in [4.78, 5) is 23.3. The van der Waals surface area contributed by atoms with Gasteiger partial charge in [0, 0.05) is 11.8 Å². The summed E-state index contributed by atoms with van der Waals surface area (Å²) in [5, 5.41) is 0. The van der Waals surface area contributed by atoms with Gasteiger partial charge in [0.05, 0.1) is 13.5 Å². The van der Waals surface area contributed by atoms with Gasteiger partial charge in [-0.05, 0) is 17.9 Å². The molecule has 0 heterocycles. The Balaban J connectivity index is 4.62. The molecule has 0 fully saturated rings. The third kappa shape index (κ3) is 5.01. The van der Waals surface area contributed by atoms with E-state index in [1.54, 1.807) is 11.8 Å². The van der Waals surface area contributed by atoms with Crippen LogP contribution in [-0.4, -0.2) is 30.9 Å². The maximum atomic E-state index is 12.0. The fraction of sp³-hybridized carbons (Fsp3) is 0.833. The minimum absolute atomic E-state index is 0.0287. The summed E-state index contributed by atoms with van der Waals surface area (Å²) in [6.07, 6.45) is 2.21. The van der Waals surface area contributed by atoms with Gasteiger partial charge in [-0.15, -0.1) is 0 Å². The van der Waals surface area contributed by atoms with Crippen LogP contribution in [0.3, 0.4) is 0 Å². The highest BCUT2D eigenvalue weighted by Crippen LogP contribution is 2.23. The number of hydrogen-bond acceptors (Lipinski definition) is 4. The van der Waals surface area contributed by atoms with E-state index in [9.17, 15) is 9.59 Å². The lowest BCUT2D eigenvalue weighted by Crippen LogP contribution is -2.29. The van der Waals surface area contributed by atoms with E-state index in [0.29, 0.717) is 0 Å². The third-order valence-corrected chi connectivity index (χ3v) is 3.52. The molecule has 0 saturated heterocycles. The Morgan fingerprint density at radius 3 is 2.19 bits per heavy atom. The highest BCUT2D eigenvalue weighted by atomic mass is 32.2. The first-order valence-corrected chi connectivity index (χ1v) is 6.92. The van der Waals surface area contributed by atoms with Crippen molar-refractivity contribution < 1.29 is 14.3 Å². The number of carbonyl (C=O) groups is 2. The first kappa shape index (κ1) is 15.5. The number of ether oxygens (including phenoxy) is 1. The van der Waals surface area contributed by atoms with E-state index in [2.05, 4.69) is 4.74 Å². The maximum absolute atomic E-state index is 12.0. The van der Waals surface area contributed by atoms with Gasteiger partial charge in [-0.1, -0.05) is 20.8 Å². The Hall–Kier alpha value is -0.510. The normalized spacial score (nSPS) is 14.6. The Morgan fingerprint density at radius 1 is 1.25 bits per heavy atom. The average molecular weight is 246 g/mol. The number of methoxy groups -OCH3 is 1. The highest BCUT2D eigenvalue weighted by Gasteiger charge is 2.29. The van der Waals surface area contributed by atoms with Crippen LogP contribution < -0.4 is 0 Å². The summed E-state index contributed by atoms with van der Waals surface area (Å²) >= 11 is 1.70. The minimum atomic E-state index is -0.299. The molecule has 0 aromatic rings. The molecule has 0 spiro atoms. The minimum Gasteiger partial charge on any atom is -0.469 e. The van der Waals surface area contributed by atoms with Crippen LogP contribution in [0.1, 0.15) is 27.2 Å². The molecular formula is C12H22O3S. The monoisotopic (exact) mass is 246 g/mol. The first-order chi connectivity index (χ1) is 7.43. The summed E-state index contributed by atoms with van der Waals surface area (Å²) < 4.78 is 4.64. The zero-order chi connectivity index (χ0) is 12.7. The van der Waals surface area contributed by atoms with Crippen LogP contribution in [0.5, 0.6) is 0 Å². The summed E-state index contributed by atoms with van der Waals surface area (Å²) in [5.74, 6) is 0.724. The molecule has 0 aliphatic rings. The van der Waals surface area contributed by atoms with E-state index in [0.717, 1.165) is 5.75 Å². The van der Waals surface area contributed by atoms with E-state index >= 15 is 0 Å².